The van der Waals surface area contributed by atoms with Crippen molar-refractivity contribution in [3.8, 4) is 28.7 Å². The number of nitrogens with one attached hydrogen (secondary N) is 3. The molecule has 1 amide bonds. The number of likely N-dealkylation sites (tertiary alicyclic amines) is 1. The Balaban J connectivity index is 1.31. The fourth-order valence-electron chi connectivity index (χ4n) is 4.54. The van der Waals surface area contributed by atoms with Gasteiger partial charge in [0, 0.05) is 35.6 Å². The van der Waals surface area contributed by atoms with Crippen LogP contribution in [0.3, 0.4) is 0 Å². The normalized spacial score (nSPS) is 14.8. The molecule has 178 valence electrons. The van der Waals surface area contributed by atoms with E-state index in [4.69, 9.17) is 0 Å². The van der Waals surface area contributed by atoms with Crippen LogP contribution in [0, 0.1) is 17.2 Å². The van der Waals surface area contributed by atoms with Gasteiger partial charge >= 0.3 is 0 Å². The number of hydrogen-bond acceptors (Lipinski definition) is 8. The second-order valence-electron chi connectivity index (χ2n) is 8.97. The highest BCUT2D eigenvalue weighted by atomic mass is 16.1. The molecule has 1 fully saturated rings. The highest BCUT2D eigenvalue weighted by Crippen LogP contribution is 2.30. The zero-order valence-electron chi connectivity index (χ0n) is 19.5. The van der Waals surface area contributed by atoms with Gasteiger partial charge in [-0.15, -0.1) is 0 Å². The predicted octanol–water partition coefficient (Wildman–Crippen LogP) is 3.11. The van der Waals surface area contributed by atoms with Crippen molar-refractivity contribution in [2.24, 2.45) is 5.92 Å². The molecule has 1 aliphatic rings. The zero-order valence-corrected chi connectivity index (χ0v) is 19.5. The molecule has 1 aliphatic heterocycles. The van der Waals surface area contributed by atoms with Crippen LogP contribution in [-0.4, -0.2) is 66.1 Å². The summed E-state index contributed by atoms with van der Waals surface area (Å²) in [7, 11) is 2.08. The van der Waals surface area contributed by atoms with E-state index in [9.17, 15) is 10.1 Å². The van der Waals surface area contributed by atoms with Gasteiger partial charge in [-0.3, -0.25) is 14.9 Å². The van der Waals surface area contributed by atoms with E-state index in [1.54, 1.807) is 30.9 Å². The van der Waals surface area contributed by atoms with Crippen LogP contribution in [0.2, 0.25) is 0 Å². The van der Waals surface area contributed by atoms with E-state index in [2.05, 4.69) is 58.5 Å². The Morgan fingerprint density at radius 1 is 1.14 bits per heavy atom. The number of imidazole rings is 1. The first kappa shape index (κ1) is 21.8. The van der Waals surface area contributed by atoms with Crippen molar-refractivity contribution >= 4 is 33.8 Å². The van der Waals surface area contributed by atoms with Crippen molar-refractivity contribution in [3.63, 3.8) is 0 Å². The Morgan fingerprint density at radius 2 is 1.97 bits per heavy atom. The van der Waals surface area contributed by atoms with Crippen molar-refractivity contribution in [1.82, 2.24) is 40.0 Å². The quantitative estimate of drug-likeness (QED) is 0.356. The SMILES string of the molecule is CN1CCC(C(=O)Nc2cncc(-c3cnc4[nH]nc(-c5nc6c(C#N)ccnc6[nH]5)c4c3)c2)CC1. The van der Waals surface area contributed by atoms with Crippen molar-refractivity contribution in [2.75, 3.05) is 25.5 Å². The van der Waals surface area contributed by atoms with E-state index in [1.807, 2.05) is 12.1 Å². The number of aromatic amines is 2. The summed E-state index contributed by atoms with van der Waals surface area (Å²) in [5.74, 6) is 0.529. The molecule has 0 saturated carbocycles. The minimum Gasteiger partial charge on any atom is -0.324 e. The Bertz CT molecular complexity index is 1640. The number of H-pyrrole nitrogens is 2. The lowest BCUT2D eigenvalue weighted by Gasteiger charge is -2.28. The van der Waals surface area contributed by atoms with Crippen LogP contribution in [0.15, 0.2) is 43.0 Å². The van der Waals surface area contributed by atoms with Gasteiger partial charge in [0.25, 0.3) is 0 Å². The summed E-state index contributed by atoms with van der Waals surface area (Å²) in [5, 5.41) is 20.5. The van der Waals surface area contributed by atoms with Crippen LogP contribution in [0.25, 0.3) is 44.8 Å². The summed E-state index contributed by atoms with van der Waals surface area (Å²) >= 11 is 0. The van der Waals surface area contributed by atoms with Crippen LogP contribution in [0.1, 0.15) is 18.4 Å². The lowest BCUT2D eigenvalue weighted by molar-refractivity contribution is -0.121. The minimum atomic E-state index is 0.0104. The number of piperidine rings is 1. The number of hydrogen-bond donors (Lipinski definition) is 3. The van der Waals surface area contributed by atoms with Gasteiger partial charge in [-0.1, -0.05) is 0 Å². The summed E-state index contributed by atoms with van der Waals surface area (Å²) in [6, 6.07) is 7.61. The van der Waals surface area contributed by atoms with Gasteiger partial charge in [-0.2, -0.15) is 10.4 Å². The summed E-state index contributed by atoms with van der Waals surface area (Å²) in [6.45, 7) is 1.85. The standard InChI is InChI=1S/C25H22N10O/c1-35-6-3-14(4-7-35)25(36)30-18-8-16(11-27-13-18)17-9-19-21(33-34-22(19)29-12-17)24-31-20-15(10-26)2-5-28-23(20)32-24/h2,5,8-9,11-14H,3-4,6-7H2,1H3,(H,30,36)(H,28,31,32)(H,29,33,34). The number of nitrogens with zero attached hydrogens (tertiary/aromatic N) is 7. The molecule has 0 radical (unpaired) electrons. The average molecular weight is 479 g/mol. The van der Waals surface area contributed by atoms with E-state index in [-0.39, 0.29) is 11.8 Å². The van der Waals surface area contributed by atoms with Crippen molar-refractivity contribution in [1.29, 1.82) is 5.26 Å². The Kier molecular flexibility index (Phi) is 5.35. The molecule has 0 aromatic carbocycles. The number of rotatable bonds is 4. The van der Waals surface area contributed by atoms with Crippen LogP contribution in [-0.2, 0) is 4.79 Å². The second kappa shape index (κ2) is 8.83. The maximum absolute atomic E-state index is 12.8. The van der Waals surface area contributed by atoms with Gasteiger partial charge in [-0.25, -0.2) is 15.0 Å². The van der Waals surface area contributed by atoms with Crippen LogP contribution >= 0.6 is 0 Å². The number of pyridine rings is 3. The van der Waals surface area contributed by atoms with Gasteiger partial charge in [0.05, 0.1) is 22.8 Å². The second-order valence-corrected chi connectivity index (χ2v) is 8.97. The lowest BCUT2D eigenvalue weighted by Crippen LogP contribution is -2.35. The van der Waals surface area contributed by atoms with Crippen molar-refractivity contribution in [2.45, 2.75) is 12.8 Å². The van der Waals surface area contributed by atoms with E-state index >= 15 is 0 Å². The summed E-state index contributed by atoms with van der Waals surface area (Å²) in [5.41, 5.74) is 4.90. The third-order valence-corrected chi connectivity index (χ3v) is 6.57. The predicted molar refractivity (Wildman–Crippen MR) is 134 cm³/mol. The summed E-state index contributed by atoms with van der Waals surface area (Å²) < 4.78 is 0. The Hall–Kier alpha value is -4.69. The van der Waals surface area contributed by atoms with Crippen LogP contribution < -0.4 is 5.32 Å². The molecule has 0 unspecified atom stereocenters. The Morgan fingerprint density at radius 3 is 2.81 bits per heavy atom. The van der Waals surface area contributed by atoms with Crippen LogP contribution in [0.5, 0.6) is 0 Å². The van der Waals surface area contributed by atoms with E-state index in [0.29, 0.717) is 39.6 Å². The average Bonchev–Trinajstić information content (AvgIpc) is 3.52. The first-order chi connectivity index (χ1) is 17.6. The molecular weight excluding hydrogens is 456 g/mol. The molecule has 3 N–H and O–H groups in total. The number of anilines is 1. The molecule has 1 saturated heterocycles. The molecule has 11 heteroatoms. The fraction of sp³-hybridized carbons (Fsp3) is 0.240. The molecule has 11 nitrogen and oxygen atoms in total. The van der Waals surface area contributed by atoms with Gasteiger partial charge in [0.15, 0.2) is 17.1 Å². The maximum Gasteiger partial charge on any atom is 0.227 e. The molecule has 0 spiro atoms. The minimum absolute atomic E-state index is 0.0104. The molecule has 5 aromatic heterocycles. The molecule has 5 aromatic rings. The van der Waals surface area contributed by atoms with E-state index in [1.165, 1.54) is 0 Å². The molecule has 0 atom stereocenters. The van der Waals surface area contributed by atoms with E-state index in [0.717, 1.165) is 42.4 Å². The number of nitriles is 1. The summed E-state index contributed by atoms with van der Waals surface area (Å²) in [6.07, 6.45) is 8.39. The number of fused-ring (bicyclic) bond motifs is 2. The van der Waals surface area contributed by atoms with Gasteiger partial charge in [-0.05, 0) is 51.2 Å². The van der Waals surface area contributed by atoms with Crippen molar-refractivity contribution in [3.05, 3.63) is 48.5 Å². The first-order valence-electron chi connectivity index (χ1n) is 11.6. The van der Waals surface area contributed by atoms with Gasteiger partial charge in [0.1, 0.15) is 17.3 Å². The highest BCUT2D eigenvalue weighted by Gasteiger charge is 2.23. The summed E-state index contributed by atoms with van der Waals surface area (Å²) in [4.78, 5) is 35.8. The van der Waals surface area contributed by atoms with E-state index < -0.39 is 0 Å². The number of carbonyl (C=O) groups is 1. The molecule has 36 heavy (non-hydrogen) atoms. The molecule has 0 aliphatic carbocycles. The molecule has 0 bridgehead atoms. The highest BCUT2D eigenvalue weighted by molar-refractivity contribution is 5.95. The van der Waals surface area contributed by atoms with Crippen LogP contribution in [0.4, 0.5) is 5.69 Å². The number of aromatic nitrogens is 7. The number of amides is 1. The third-order valence-electron chi connectivity index (χ3n) is 6.57. The molecule has 6 heterocycles. The topological polar surface area (TPSA) is 152 Å². The molecular formula is C25H22N10O. The lowest BCUT2D eigenvalue weighted by atomic mass is 9.96. The van der Waals surface area contributed by atoms with Gasteiger partial charge < -0.3 is 15.2 Å². The van der Waals surface area contributed by atoms with Crippen molar-refractivity contribution < 1.29 is 4.79 Å². The third kappa shape index (κ3) is 3.93. The molecule has 6 rings (SSSR count). The van der Waals surface area contributed by atoms with Gasteiger partial charge in [0.2, 0.25) is 5.91 Å². The fourth-order valence-corrected chi connectivity index (χ4v) is 4.54. The largest absolute Gasteiger partial charge is 0.324 e. The zero-order chi connectivity index (χ0) is 24.6. The first-order valence-corrected chi connectivity index (χ1v) is 11.6. The smallest absolute Gasteiger partial charge is 0.227 e. The Labute approximate surface area is 205 Å². The monoisotopic (exact) mass is 478 g/mol. The maximum atomic E-state index is 12.8. The number of carbonyl (C=O) groups excluding carboxylic acids is 1.